The first-order valence-electron chi connectivity index (χ1n) is 10.9. The summed E-state index contributed by atoms with van der Waals surface area (Å²) < 4.78 is 10.9. The van der Waals surface area contributed by atoms with Gasteiger partial charge in [-0.15, -0.1) is 6.42 Å². The number of carboxylic acid groups (broad SMARTS) is 1. The topological polar surface area (TPSA) is 119 Å². The van der Waals surface area contributed by atoms with Crippen molar-refractivity contribution in [2.24, 2.45) is 17.1 Å². The quantitative estimate of drug-likeness (QED) is 0.521. The molecule has 3 N–H and O–H groups in total. The number of rotatable bonds is 10. The van der Waals surface area contributed by atoms with E-state index in [0.29, 0.717) is 42.9 Å². The zero-order valence-corrected chi connectivity index (χ0v) is 19.0. The summed E-state index contributed by atoms with van der Waals surface area (Å²) in [6, 6.07) is 13.9. The zero-order chi connectivity index (χ0) is 24.7. The second-order valence-corrected chi connectivity index (χ2v) is 8.38. The fraction of sp³-hybridized carbons (Fsp3) is 0.346. The van der Waals surface area contributed by atoms with E-state index in [9.17, 15) is 19.5 Å². The molecular formula is C26H28N2O6. The number of primary amides is 1. The number of methoxy groups -OCH3 is 1. The summed E-state index contributed by atoms with van der Waals surface area (Å²) in [5, 5.41) is 9.93. The third kappa shape index (κ3) is 5.67. The normalized spacial score (nSPS) is 18.1. The Morgan fingerprint density at radius 1 is 1.15 bits per heavy atom. The van der Waals surface area contributed by atoms with Gasteiger partial charge in [0.2, 0.25) is 5.91 Å². The highest BCUT2D eigenvalue weighted by atomic mass is 16.5. The molecule has 1 aliphatic heterocycles. The molecule has 2 atom stereocenters. The van der Waals surface area contributed by atoms with E-state index in [0.717, 1.165) is 5.56 Å². The highest BCUT2D eigenvalue weighted by Gasteiger charge is 2.47. The van der Waals surface area contributed by atoms with E-state index in [1.807, 2.05) is 12.1 Å². The van der Waals surface area contributed by atoms with Crippen molar-refractivity contribution in [2.45, 2.75) is 19.3 Å². The number of amides is 2. The van der Waals surface area contributed by atoms with Crippen molar-refractivity contribution < 1.29 is 29.0 Å². The summed E-state index contributed by atoms with van der Waals surface area (Å²) in [5.74, 6) is 1.19. The first-order valence-corrected chi connectivity index (χ1v) is 10.9. The molecule has 2 aromatic rings. The maximum Gasteiger partial charge on any atom is 0.315 e. The Bertz CT molecular complexity index is 1070. The zero-order valence-electron chi connectivity index (χ0n) is 19.0. The molecule has 1 heterocycles. The number of aliphatic carboxylic acids is 1. The largest absolute Gasteiger partial charge is 0.497 e. The molecule has 34 heavy (non-hydrogen) atoms. The van der Waals surface area contributed by atoms with Crippen molar-refractivity contribution in [1.82, 2.24) is 4.90 Å². The van der Waals surface area contributed by atoms with Gasteiger partial charge in [-0.3, -0.25) is 14.4 Å². The van der Waals surface area contributed by atoms with E-state index in [-0.39, 0.29) is 19.1 Å². The van der Waals surface area contributed by atoms with Gasteiger partial charge in [0, 0.05) is 18.7 Å². The van der Waals surface area contributed by atoms with Crippen LogP contribution in [0.4, 0.5) is 0 Å². The molecule has 8 nitrogen and oxygen atoms in total. The minimum atomic E-state index is -1.19. The van der Waals surface area contributed by atoms with Crippen LogP contribution in [0.2, 0.25) is 0 Å². The SMILES string of the molecule is C#CC(CCc1ccc(OCC2(C(=O)O)CCN(C(=O)c3ccc(OC)cc3)C2)cc1)C(N)=O. The van der Waals surface area contributed by atoms with Crippen molar-refractivity contribution >= 4 is 17.8 Å². The number of terminal acetylenes is 1. The lowest BCUT2D eigenvalue weighted by Crippen LogP contribution is -2.41. The minimum absolute atomic E-state index is 0.0606. The molecule has 8 heteroatoms. The Hall–Kier alpha value is -3.99. The number of aryl methyl sites for hydroxylation is 1. The van der Waals surface area contributed by atoms with E-state index in [1.165, 1.54) is 0 Å². The number of carbonyl (C=O) groups excluding carboxylic acids is 2. The van der Waals surface area contributed by atoms with Crippen LogP contribution in [-0.2, 0) is 16.0 Å². The van der Waals surface area contributed by atoms with Crippen LogP contribution in [0.3, 0.4) is 0 Å². The van der Waals surface area contributed by atoms with Gasteiger partial charge in [-0.2, -0.15) is 0 Å². The molecule has 0 bridgehead atoms. The molecule has 0 radical (unpaired) electrons. The van der Waals surface area contributed by atoms with Crippen LogP contribution in [0, 0.1) is 23.7 Å². The predicted molar refractivity (Wildman–Crippen MR) is 125 cm³/mol. The molecule has 3 rings (SSSR count). The number of nitrogens with two attached hydrogens (primary N) is 1. The van der Waals surface area contributed by atoms with Crippen LogP contribution >= 0.6 is 0 Å². The molecule has 0 aromatic heterocycles. The third-order valence-electron chi connectivity index (χ3n) is 6.14. The van der Waals surface area contributed by atoms with Crippen molar-refractivity contribution in [3.8, 4) is 23.8 Å². The first-order chi connectivity index (χ1) is 16.3. The molecule has 0 spiro atoms. The lowest BCUT2D eigenvalue weighted by atomic mass is 9.88. The Morgan fingerprint density at radius 3 is 2.35 bits per heavy atom. The molecule has 1 saturated heterocycles. The highest BCUT2D eigenvalue weighted by molar-refractivity contribution is 5.95. The van der Waals surface area contributed by atoms with Gasteiger partial charge < -0.3 is 25.2 Å². The standard InChI is InChI=1S/C26H28N2O6/c1-3-19(23(27)29)7-4-18-5-10-22(11-6-18)34-17-26(25(31)32)14-15-28(16-26)24(30)20-8-12-21(33-2)13-9-20/h1,5-6,8-13,19H,4,7,14-17H2,2H3,(H2,27,29)(H,31,32). The number of carboxylic acids is 1. The highest BCUT2D eigenvalue weighted by Crippen LogP contribution is 2.33. The number of likely N-dealkylation sites (tertiary alicyclic amines) is 1. The summed E-state index contributed by atoms with van der Waals surface area (Å²) in [7, 11) is 1.55. The average Bonchev–Trinajstić information content (AvgIpc) is 3.29. The van der Waals surface area contributed by atoms with Gasteiger partial charge in [0.25, 0.3) is 5.91 Å². The van der Waals surface area contributed by atoms with Crippen LogP contribution in [0.25, 0.3) is 0 Å². The molecule has 2 unspecified atom stereocenters. The Kier molecular flexibility index (Phi) is 7.79. The monoisotopic (exact) mass is 464 g/mol. The summed E-state index contributed by atoms with van der Waals surface area (Å²) in [5.41, 5.74) is 5.51. The minimum Gasteiger partial charge on any atom is -0.497 e. The van der Waals surface area contributed by atoms with Crippen molar-refractivity contribution in [3.05, 3.63) is 59.7 Å². The molecule has 2 amide bonds. The second kappa shape index (κ2) is 10.8. The smallest absolute Gasteiger partial charge is 0.315 e. The van der Waals surface area contributed by atoms with Crippen LogP contribution < -0.4 is 15.2 Å². The molecule has 1 aliphatic rings. The van der Waals surface area contributed by atoms with Crippen molar-refractivity contribution in [1.29, 1.82) is 0 Å². The number of nitrogens with zero attached hydrogens (tertiary/aromatic N) is 1. The van der Waals surface area contributed by atoms with Gasteiger partial charge in [0.1, 0.15) is 23.5 Å². The van der Waals surface area contributed by atoms with Crippen molar-refractivity contribution in [3.63, 3.8) is 0 Å². The number of benzene rings is 2. The van der Waals surface area contributed by atoms with Gasteiger partial charge in [-0.1, -0.05) is 18.1 Å². The third-order valence-corrected chi connectivity index (χ3v) is 6.14. The fourth-order valence-corrected chi connectivity index (χ4v) is 3.91. The van der Waals surface area contributed by atoms with Gasteiger partial charge in [-0.25, -0.2) is 0 Å². The number of hydrogen-bond acceptors (Lipinski definition) is 5. The summed E-state index contributed by atoms with van der Waals surface area (Å²) in [4.78, 5) is 37.8. The average molecular weight is 465 g/mol. The van der Waals surface area contributed by atoms with Gasteiger partial charge in [0.05, 0.1) is 13.0 Å². The molecule has 0 aliphatic carbocycles. The van der Waals surface area contributed by atoms with E-state index >= 15 is 0 Å². The Labute approximate surface area is 198 Å². The summed E-state index contributed by atoms with van der Waals surface area (Å²) >= 11 is 0. The molecule has 2 aromatic carbocycles. The maximum absolute atomic E-state index is 12.9. The van der Waals surface area contributed by atoms with E-state index in [4.69, 9.17) is 21.6 Å². The maximum atomic E-state index is 12.9. The van der Waals surface area contributed by atoms with E-state index in [2.05, 4.69) is 5.92 Å². The van der Waals surface area contributed by atoms with Crippen LogP contribution in [-0.4, -0.2) is 54.6 Å². The molecule has 178 valence electrons. The van der Waals surface area contributed by atoms with Gasteiger partial charge in [0.15, 0.2) is 0 Å². The molecular weight excluding hydrogens is 436 g/mol. The first kappa shape index (κ1) is 24.6. The number of carbonyl (C=O) groups is 3. The van der Waals surface area contributed by atoms with Crippen LogP contribution in [0.1, 0.15) is 28.8 Å². The lowest BCUT2D eigenvalue weighted by Gasteiger charge is -2.25. The summed E-state index contributed by atoms with van der Waals surface area (Å²) in [6.07, 6.45) is 6.65. The Morgan fingerprint density at radius 2 is 1.79 bits per heavy atom. The lowest BCUT2D eigenvalue weighted by molar-refractivity contribution is -0.149. The number of hydrogen-bond donors (Lipinski definition) is 2. The fourth-order valence-electron chi connectivity index (χ4n) is 3.91. The molecule has 1 fully saturated rings. The predicted octanol–water partition coefficient (Wildman–Crippen LogP) is 2.36. The van der Waals surface area contributed by atoms with Crippen LogP contribution in [0.15, 0.2) is 48.5 Å². The Balaban J connectivity index is 1.60. The van der Waals surface area contributed by atoms with E-state index in [1.54, 1.807) is 48.4 Å². The van der Waals surface area contributed by atoms with Gasteiger partial charge >= 0.3 is 5.97 Å². The summed E-state index contributed by atoms with van der Waals surface area (Å²) in [6.45, 7) is 0.330. The number of ether oxygens (including phenoxy) is 2. The molecule has 0 saturated carbocycles. The van der Waals surface area contributed by atoms with Crippen molar-refractivity contribution in [2.75, 3.05) is 26.8 Å². The second-order valence-electron chi connectivity index (χ2n) is 8.38. The van der Waals surface area contributed by atoms with Gasteiger partial charge in [-0.05, 0) is 61.2 Å². The van der Waals surface area contributed by atoms with Crippen LogP contribution in [0.5, 0.6) is 11.5 Å². The van der Waals surface area contributed by atoms with E-state index < -0.39 is 23.2 Å².